The number of benzene rings is 3. The number of aliphatic hydroxyl groups is 1. The van der Waals surface area contributed by atoms with Gasteiger partial charge >= 0.3 is 5.97 Å². The zero-order chi connectivity index (χ0) is 21.2. The van der Waals surface area contributed by atoms with Gasteiger partial charge in [-0.25, -0.2) is 4.79 Å². The number of hydrogen-bond donors (Lipinski definition) is 2. The van der Waals surface area contributed by atoms with Crippen LogP contribution in [0.2, 0.25) is 0 Å². The van der Waals surface area contributed by atoms with Crippen molar-refractivity contribution in [3.05, 3.63) is 119 Å². The number of aliphatic carboxylic acids is 1. The van der Waals surface area contributed by atoms with Gasteiger partial charge in [0.15, 0.2) is 0 Å². The van der Waals surface area contributed by atoms with Gasteiger partial charge in [0.25, 0.3) is 0 Å². The van der Waals surface area contributed by atoms with E-state index in [1.807, 2.05) is 54.6 Å². The van der Waals surface area contributed by atoms with Gasteiger partial charge in [-0.05, 0) is 42.4 Å². The van der Waals surface area contributed by atoms with Crippen LogP contribution in [0.1, 0.15) is 23.1 Å². The third kappa shape index (κ3) is 5.68. The van der Waals surface area contributed by atoms with Crippen LogP contribution in [0.15, 0.2) is 103 Å². The Hall–Kier alpha value is -3.17. The van der Waals surface area contributed by atoms with E-state index in [9.17, 15) is 15.0 Å². The maximum atomic E-state index is 12.5. The van der Waals surface area contributed by atoms with Crippen molar-refractivity contribution in [1.82, 2.24) is 0 Å². The molecule has 3 heteroatoms. The van der Waals surface area contributed by atoms with E-state index in [1.165, 1.54) is 0 Å². The zero-order valence-electron chi connectivity index (χ0n) is 17.1. The van der Waals surface area contributed by atoms with Crippen LogP contribution in [0.25, 0.3) is 0 Å². The molecule has 0 heterocycles. The summed E-state index contributed by atoms with van der Waals surface area (Å²) >= 11 is 0. The Bertz CT molecular complexity index is 846. The third-order valence-corrected chi connectivity index (χ3v) is 5.44. The summed E-state index contributed by atoms with van der Waals surface area (Å²) in [6.45, 7) is -0.0745. The van der Waals surface area contributed by atoms with Gasteiger partial charge in [-0.2, -0.15) is 0 Å². The van der Waals surface area contributed by atoms with Gasteiger partial charge < -0.3 is 10.2 Å². The highest BCUT2D eigenvalue weighted by Gasteiger charge is 2.38. The Kier molecular flexibility index (Phi) is 7.58. The Morgan fingerprint density at radius 1 is 0.700 bits per heavy atom. The molecule has 0 aliphatic carbocycles. The average Bonchev–Trinajstić information content (AvgIpc) is 2.76. The molecule has 3 rings (SSSR count). The maximum absolute atomic E-state index is 12.5. The van der Waals surface area contributed by atoms with Crippen LogP contribution in [-0.2, 0) is 24.1 Å². The molecular weight excluding hydrogens is 372 g/mol. The predicted octanol–water partition coefficient (Wildman–Crippen LogP) is 5.09. The molecule has 0 aromatic heterocycles. The van der Waals surface area contributed by atoms with Gasteiger partial charge in [-0.3, -0.25) is 0 Å². The zero-order valence-corrected chi connectivity index (χ0v) is 17.1. The Labute approximate surface area is 178 Å². The van der Waals surface area contributed by atoms with Crippen LogP contribution < -0.4 is 0 Å². The SMILES string of the molecule is O=C(O)C(=CCCO)C(Cc1ccccc1)(Cc1ccccc1)Cc1ccccc1. The molecule has 0 aliphatic heterocycles. The van der Waals surface area contributed by atoms with Crippen LogP contribution in [0, 0.1) is 5.41 Å². The van der Waals surface area contributed by atoms with Crippen molar-refractivity contribution in [2.75, 3.05) is 6.61 Å². The molecule has 0 unspecified atom stereocenters. The highest BCUT2D eigenvalue weighted by molar-refractivity contribution is 5.88. The van der Waals surface area contributed by atoms with E-state index in [1.54, 1.807) is 6.08 Å². The second-order valence-electron chi connectivity index (χ2n) is 7.70. The second-order valence-corrected chi connectivity index (χ2v) is 7.70. The second kappa shape index (κ2) is 10.6. The molecule has 3 aromatic carbocycles. The van der Waals surface area contributed by atoms with Gasteiger partial charge in [0.2, 0.25) is 0 Å². The molecule has 3 aromatic rings. The summed E-state index contributed by atoms with van der Waals surface area (Å²) in [6.07, 6.45) is 3.82. The Morgan fingerprint density at radius 2 is 1.07 bits per heavy atom. The van der Waals surface area contributed by atoms with Crippen LogP contribution in [-0.4, -0.2) is 22.8 Å². The molecule has 0 fully saturated rings. The van der Waals surface area contributed by atoms with E-state index in [2.05, 4.69) is 36.4 Å². The van der Waals surface area contributed by atoms with Crippen LogP contribution >= 0.6 is 0 Å². The van der Waals surface area contributed by atoms with Crippen LogP contribution in [0.5, 0.6) is 0 Å². The minimum atomic E-state index is -0.925. The predicted molar refractivity (Wildman–Crippen MR) is 120 cm³/mol. The molecule has 0 amide bonds. The lowest BCUT2D eigenvalue weighted by molar-refractivity contribution is -0.134. The van der Waals surface area contributed by atoms with Crippen molar-refractivity contribution in [3.8, 4) is 0 Å². The minimum absolute atomic E-state index is 0.0745. The van der Waals surface area contributed by atoms with Gasteiger partial charge in [-0.1, -0.05) is 97.1 Å². The number of carboxylic acid groups (broad SMARTS) is 1. The first-order valence-corrected chi connectivity index (χ1v) is 10.3. The number of aliphatic hydroxyl groups excluding tert-OH is 1. The highest BCUT2D eigenvalue weighted by atomic mass is 16.4. The first-order valence-electron chi connectivity index (χ1n) is 10.3. The number of rotatable bonds is 10. The first-order chi connectivity index (χ1) is 14.6. The molecule has 30 heavy (non-hydrogen) atoms. The number of carboxylic acids is 1. The molecule has 0 aliphatic rings. The molecule has 154 valence electrons. The fourth-order valence-electron chi connectivity index (χ4n) is 4.17. The molecule has 0 saturated heterocycles. The number of hydrogen-bond acceptors (Lipinski definition) is 2. The van der Waals surface area contributed by atoms with Gasteiger partial charge in [0, 0.05) is 17.6 Å². The Balaban J connectivity index is 2.15. The van der Waals surface area contributed by atoms with E-state index in [-0.39, 0.29) is 6.61 Å². The fourth-order valence-corrected chi connectivity index (χ4v) is 4.17. The Morgan fingerprint density at radius 3 is 1.37 bits per heavy atom. The summed E-state index contributed by atoms with van der Waals surface area (Å²) in [5, 5.41) is 19.6. The van der Waals surface area contributed by atoms with Crippen molar-refractivity contribution in [2.45, 2.75) is 25.7 Å². The van der Waals surface area contributed by atoms with Crippen LogP contribution in [0.3, 0.4) is 0 Å². The molecule has 2 N–H and O–H groups in total. The van der Waals surface area contributed by atoms with Crippen molar-refractivity contribution < 1.29 is 15.0 Å². The number of carbonyl (C=O) groups is 1. The summed E-state index contributed by atoms with van der Waals surface area (Å²) in [6, 6.07) is 30.2. The highest BCUT2D eigenvalue weighted by Crippen LogP contribution is 2.40. The minimum Gasteiger partial charge on any atom is -0.478 e. The van der Waals surface area contributed by atoms with E-state index in [4.69, 9.17) is 0 Å². The molecule has 3 nitrogen and oxygen atoms in total. The van der Waals surface area contributed by atoms with E-state index in [0.29, 0.717) is 31.3 Å². The molecule has 0 bridgehead atoms. The molecule has 0 spiro atoms. The summed E-state index contributed by atoms with van der Waals surface area (Å²) < 4.78 is 0. The van der Waals surface area contributed by atoms with Crippen LogP contribution in [0.4, 0.5) is 0 Å². The molecule has 0 atom stereocenters. The summed E-state index contributed by atoms with van der Waals surface area (Å²) in [4.78, 5) is 12.5. The lowest BCUT2D eigenvalue weighted by atomic mass is 9.67. The van der Waals surface area contributed by atoms with Gasteiger partial charge in [0.1, 0.15) is 0 Å². The quantitative estimate of drug-likeness (QED) is 0.466. The summed E-state index contributed by atoms with van der Waals surface area (Å²) in [7, 11) is 0. The van der Waals surface area contributed by atoms with Crippen molar-refractivity contribution in [1.29, 1.82) is 0 Å². The van der Waals surface area contributed by atoms with Gasteiger partial charge in [-0.15, -0.1) is 0 Å². The fraction of sp³-hybridized carbons (Fsp3) is 0.222. The first kappa shape index (κ1) is 21.5. The van der Waals surface area contributed by atoms with E-state index in [0.717, 1.165) is 16.7 Å². The lowest BCUT2D eigenvalue weighted by Crippen LogP contribution is -2.35. The van der Waals surface area contributed by atoms with Crippen molar-refractivity contribution in [2.24, 2.45) is 5.41 Å². The largest absolute Gasteiger partial charge is 0.478 e. The third-order valence-electron chi connectivity index (χ3n) is 5.44. The summed E-state index contributed by atoms with van der Waals surface area (Å²) in [5.41, 5.74) is 3.01. The topological polar surface area (TPSA) is 57.5 Å². The van der Waals surface area contributed by atoms with Crippen molar-refractivity contribution >= 4 is 5.97 Å². The average molecular weight is 401 g/mol. The molecule has 0 radical (unpaired) electrons. The van der Waals surface area contributed by atoms with Gasteiger partial charge in [0.05, 0.1) is 0 Å². The molecule has 0 saturated carbocycles. The van der Waals surface area contributed by atoms with E-state index >= 15 is 0 Å². The normalized spacial score (nSPS) is 12.0. The smallest absolute Gasteiger partial charge is 0.331 e. The summed E-state index contributed by atoms with van der Waals surface area (Å²) in [5.74, 6) is -0.925. The standard InChI is InChI=1S/C27H28O3/c28-18-10-17-25(26(29)30)27(19-22-11-4-1-5-12-22,20-23-13-6-2-7-14-23)21-24-15-8-3-9-16-24/h1-9,11-17,28H,10,18-21H2,(H,29,30). The lowest BCUT2D eigenvalue weighted by Gasteiger charge is -2.36. The van der Waals surface area contributed by atoms with Crippen molar-refractivity contribution in [3.63, 3.8) is 0 Å². The van der Waals surface area contributed by atoms with E-state index < -0.39 is 11.4 Å². The molecular formula is C27H28O3. The maximum Gasteiger partial charge on any atom is 0.331 e. The monoisotopic (exact) mass is 400 g/mol.